The molecule has 0 aliphatic heterocycles. The van der Waals surface area contributed by atoms with Gasteiger partial charge in [0.05, 0.1) is 6.33 Å². The third kappa shape index (κ3) is 2.63. The molecule has 0 atom stereocenters. The number of oxime groups is 1. The molecule has 0 saturated carbocycles. The van der Waals surface area contributed by atoms with Crippen molar-refractivity contribution in [3.63, 3.8) is 0 Å². The molecule has 0 aliphatic carbocycles. The Bertz CT molecular complexity index is 632. The van der Waals surface area contributed by atoms with Crippen LogP contribution in [-0.4, -0.2) is 30.6 Å². The van der Waals surface area contributed by atoms with Gasteiger partial charge in [0.2, 0.25) is 0 Å². The Morgan fingerprint density at radius 3 is 2.85 bits per heavy atom. The highest BCUT2D eigenvalue weighted by molar-refractivity contribution is 5.85. The molecular weight excluding hydrogens is 258 g/mol. The fourth-order valence-electron chi connectivity index (χ4n) is 2.02. The molecule has 8 nitrogen and oxygen atoms in total. The minimum absolute atomic E-state index is 0.236. The second kappa shape index (κ2) is 5.32. The molecule has 0 radical (unpaired) electrons. The van der Waals surface area contributed by atoms with Gasteiger partial charge in [-0.1, -0.05) is 19.0 Å². The first-order valence-corrected chi connectivity index (χ1v) is 6.35. The van der Waals surface area contributed by atoms with E-state index in [1.165, 1.54) is 6.33 Å². The SMILES string of the molecule is CC(C)(CCCn1cnc2c(N)ncnc21)C(N)=NO. The number of nitrogens with two attached hydrogens (primary N) is 2. The van der Waals surface area contributed by atoms with Crippen LogP contribution < -0.4 is 11.5 Å². The van der Waals surface area contributed by atoms with Crippen molar-refractivity contribution in [3.05, 3.63) is 12.7 Å². The number of nitrogens with zero attached hydrogens (tertiary/aromatic N) is 5. The van der Waals surface area contributed by atoms with Crippen molar-refractivity contribution in [3.8, 4) is 0 Å². The molecule has 20 heavy (non-hydrogen) atoms. The molecule has 2 rings (SSSR count). The van der Waals surface area contributed by atoms with Crippen LogP contribution in [0.15, 0.2) is 17.8 Å². The zero-order valence-electron chi connectivity index (χ0n) is 11.6. The number of aromatic nitrogens is 4. The van der Waals surface area contributed by atoms with Crippen LogP contribution in [0.1, 0.15) is 26.7 Å². The molecule has 2 aromatic rings. The van der Waals surface area contributed by atoms with Crippen molar-refractivity contribution in [2.45, 2.75) is 33.2 Å². The van der Waals surface area contributed by atoms with Crippen molar-refractivity contribution in [1.82, 2.24) is 19.5 Å². The van der Waals surface area contributed by atoms with E-state index in [2.05, 4.69) is 20.1 Å². The Kier molecular flexibility index (Phi) is 3.73. The van der Waals surface area contributed by atoms with Gasteiger partial charge in [0.1, 0.15) is 17.7 Å². The number of anilines is 1. The predicted molar refractivity (Wildman–Crippen MR) is 76.2 cm³/mol. The minimum atomic E-state index is -0.348. The van der Waals surface area contributed by atoms with Gasteiger partial charge in [-0.25, -0.2) is 15.0 Å². The first kappa shape index (κ1) is 14.0. The monoisotopic (exact) mass is 277 g/mol. The van der Waals surface area contributed by atoms with Gasteiger partial charge in [-0.15, -0.1) is 0 Å². The highest BCUT2D eigenvalue weighted by atomic mass is 16.4. The number of amidine groups is 1. The van der Waals surface area contributed by atoms with Crippen LogP contribution in [-0.2, 0) is 6.54 Å². The molecule has 5 N–H and O–H groups in total. The van der Waals surface area contributed by atoms with Crippen molar-refractivity contribution < 1.29 is 5.21 Å². The highest BCUT2D eigenvalue weighted by Gasteiger charge is 2.23. The van der Waals surface area contributed by atoms with Crippen LogP contribution in [0, 0.1) is 5.41 Å². The van der Waals surface area contributed by atoms with Crippen molar-refractivity contribution >= 4 is 22.8 Å². The lowest BCUT2D eigenvalue weighted by atomic mass is 9.86. The standard InChI is InChI=1S/C12H19N7O/c1-12(2,11(14)18-20)4-3-5-19-7-17-8-9(13)15-6-16-10(8)19/h6-7,20H,3-5H2,1-2H3,(H2,14,18)(H2,13,15,16). The number of aryl methyl sites for hydroxylation is 1. The summed E-state index contributed by atoms with van der Waals surface area (Å²) in [5, 5.41) is 11.8. The largest absolute Gasteiger partial charge is 0.409 e. The Morgan fingerprint density at radius 2 is 2.15 bits per heavy atom. The van der Waals surface area contributed by atoms with Gasteiger partial charge in [0.15, 0.2) is 11.5 Å². The normalized spacial score (nSPS) is 13.0. The third-order valence-electron chi connectivity index (χ3n) is 3.43. The van der Waals surface area contributed by atoms with E-state index in [0.717, 1.165) is 25.0 Å². The molecule has 0 aliphatic rings. The van der Waals surface area contributed by atoms with Crippen LogP contribution in [0.25, 0.3) is 11.2 Å². The molecule has 2 heterocycles. The molecule has 0 bridgehead atoms. The van der Waals surface area contributed by atoms with Crippen molar-refractivity contribution in [1.29, 1.82) is 0 Å². The predicted octanol–water partition coefficient (Wildman–Crippen LogP) is 0.961. The van der Waals surface area contributed by atoms with E-state index in [0.29, 0.717) is 11.3 Å². The fourth-order valence-corrected chi connectivity index (χ4v) is 2.02. The Hall–Kier alpha value is -2.38. The first-order chi connectivity index (χ1) is 9.45. The van der Waals surface area contributed by atoms with Gasteiger partial charge in [-0.2, -0.15) is 0 Å². The fraction of sp³-hybridized carbons (Fsp3) is 0.500. The lowest BCUT2D eigenvalue weighted by molar-refractivity contribution is 0.304. The van der Waals surface area contributed by atoms with Gasteiger partial charge in [0.25, 0.3) is 0 Å². The molecule has 0 unspecified atom stereocenters. The van der Waals surface area contributed by atoms with Gasteiger partial charge in [-0.05, 0) is 12.8 Å². The van der Waals surface area contributed by atoms with E-state index in [9.17, 15) is 0 Å². The highest BCUT2D eigenvalue weighted by Crippen LogP contribution is 2.23. The summed E-state index contributed by atoms with van der Waals surface area (Å²) >= 11 is 0. The van der Waals surface area contributed by atoms with Crippen LogP contribution >= 0.6 is 0 Å². The Morgan fingerprint density at radius 1 is 1.40 bits per heavy atom. The van der Waals surface area contributed by atoms with Gasteiger partial charge in [0, 0.05) is 12.0 Å². The van der Waals surface area contributed by atoms with E-state index in [-0.39, 0.29) is 11.3 Å². The lowest BCUT2D eigenvalue weighted by Gasteiger charge is -2.22. The quantitative estimate of drug-likeness (QED) is 0.323. The first-order valence-electron chi connectivity index (χ1n) is 6.35. The van der Waals surface area contributed by atoms with Gasteiger partial charge < -0.3 is 21.2 Å². The summed E-state index contributed by atoms with van der Waals surface area (Å²) in [5.74, 6) is 0.616. The molecule has 0 saturated heterocycles. The molecule has 0 amide bonds. The summed E-state index contributed by atoms with van der Waals surface area (Å²) < 4.78 is 1.93. The number of hydrogen-bond acceptors (Lipinski definition) is 6. The van der Waals surface area contributed by atoms with E-state index >= 15 is 0 Å². The molecule has 0 fully saturated rings. The Labute approximate surface area is 116 Å². The number of rotatable bonds is 5. The summed E-state index contributed by atoms with van der Waals surface area (Å²) in [6.45, 7) is 4.61. The van der Waals surface area contributed by atoms with Crippen LogP contribution in [0.5, 0.6) is 0 Å². The average molecular weight is 277 g/mol. The van der Waals surface area contributed by atoms with Gasteiger partial charge >= 0.3 is 0 Å². The van der Waals surface area contributed by atoms with Crippen LogP contribution in [0.2, 0.25) is 0 Å². The van der Waals surface area contributed by atoms with Crippen molar-refractivity contribution in [2.24, 2.45) is 16.3 Å². The molecule has 0 aromatic carbocycles. The van der Waals surface area contributed by atoms with Crippen LogP contribution in [0.3, 0.4) is 0 Å². The third-order valence-corrected chi connectivity index (χ3v) is 3.43. The van der Waals surface area contributed by atoms with E-state index in [1.807, 2.05) is 18.4 Å². The summed E-state index contributed by atoms with van der Waals surface area (Å²) in [6, 6.07) is 0. The molecule has 2 aromatic heterocycles. The number of imidazole rings is 1. The Balaban J connectivity index is 2.06. The van der Waals surface area contributed by atoms with E-state index < -0.39 is 0 Å². The number of fused-ring (bicyclic) bond motifs is 1. The van der Waals surface area contributed by atoms with Crippen molar-refractivity contribution in [2.75, 3.05) is 5.73 Å². The second-order valence-electron chi connectivity index (χ2n) is 5.34. The molecule has 0 spiro atoms. The summed E-state index contributed by atoms with van der Waals surface area (Å²) in [7, 11) is 0. The lowest BCUT2D eigenvalue weighted by Crippen LogP contribution is -2.32. The van der Waals surface area contributed by atoms with Crippen LogP contribution in [0.4, 0.5) is 5.82 Å². The maximum absolute atomic E-state index is 8.74. The minimum Gasteiger partial charge on any atom is -0.409 e. The second-order valence-corrected chi connectivity index (χ2v) is 5.34. The molecule has 108 valence electrons. The maximum Gasteiger partial charge on any atom is 0.165 e. The smallest absolute Gasteiger partial charge is 0.165 e. The number of hydrogen-bond donors (Lipinski definition) is 3. The molecule has 8 heteroatoms. The summed E-state index contributed by atoms with van der Waals surface area (Å²) in [6.07, 6.45) is 4.75. The number of nitrogen functional groups attached to an aromatic ring is 1. The zero-order valence-corrected chi connectivity index (χ0v) is 11.6. The van der Waals surface area contributed by atoms with E-state index in [1.54, 1.807) is 6.33 Å². The van der Waals surface area contributed by atoms with Gasteiger partial charge in [-0.3, -0.25) is 0 Å². The topological polar surface area (TPSA) is 128 Å². The molecular formula is C12H19N7O. The maximum atomic E-state index is 8.74. The average Bonchev–Trinajstić information content (AvgIpc) is 2.82. The van der Waals surface area contributed by atoms with E-state index in [4.69, 9.17) is 16.7 Å². The summed E-state index contributed by atoms with van der Waals surface area (Å²) in [4.78, 5) is 12.3. The zero-order chi connectivity index (χ0) is 14.8. The summed E-state index contributed by atoms with van der Waals surface area (Å²) in [5.41, 5.74) is 12.4.